The summed E-state index contributed by atoms with van der Waals surface area (Å²) in [6.07, 6.45) is 0. The Bertz CT molecular complexity index is 668. The van der Waals surface area contributed by atoms with E-state index < -0.39 is 5.91 Å². The van der Waals surface area contributed by atoms with Crippen LogP contribution >= 0.6 is 11.6 Å². The number of anilines is 2. The first-order chi connectivity index (χ1) is 9.45. The monoisotopic (exact) mass is 293 g/mol. The molecule has 0 saturated carbocycles. The normalized spacial score (nSPS) is 10.2. The van der Waals surface area contributed by atoms with Crippen molar-refractivity contribution in [1.82, 2.24) is 15.2 Å². The van der Waals surface area contributed by atoms with Gasteiger partial charge < -0.3 is 10.6 Å². The molecule has 0 radical (unpaired) electrons. The number of H-pyrrole nitrogens is 1. The molecule has 1 heterocycles. The lowest BCUT2D eigenvalue weighted by Gasteiger charge is -2.07. The van der Waals surface area contributed by atoms with Crippen LogP contribution in [0, 0.1) is 6.92 Å². The van der Waals surface area contributed by atoms with Gasteiger partial charge >= 0.3 is 0 Å². The number of rotatable bonds is 3. The lowest BCUT2D eigenvalue weighted by Crippen LogP contribution is -2.14. The van der Waals surface area contributed by atoms with Crippen molar-refractivity contribution in [2.75, 3.05) is 10.6 Å². The molecule has 0 fully saturated rings. The largest absolute Gasteiger partial charge is 0.325 e. The molecule has 20 heavy (non-hydrogen) atoms. The number of carbonyl (C=O) groups excluding carboxylic acids is 2. The van der Waals surface area contributed by atoms with Gasteiger partial charge in [-0.2, -0.15) is 0 Å². The summed E-state index contributed by atoms with van der Waals surface area (Å²) in [6.45, 7) is 3.08. The maximum Gasteiger partial charge on any atom is 0.295 e. The number of aryl methyl sites for hydroxylation is 1. The molecule has 0 aliphatic rings. The van der Waals surface area contributed by atoms with Crippen LogP contribution in [0.4, 0.5) is 11.4 Å². The Balaban J connectivity index is 2.12. The van der Waals surface area contributed by atoms with E-state index in [-0.39, 0.29) is 11.7 Å². The summed E-state index contributed by atoms with van der Waals surface area (Å²) < 4.78 is 0. The van der Waals surface area contributed by atoms with Crippen LogP contribution in [0.15, 0.2) is 18.2 Å². The highest BCUT2D eigenvalue weighted by Crippen LogP contribution is 2.25. The van der Waals surface area contributed by atoms with E-state index in [4.69, 9.17) is 11.6 Å². The van der Waals surface area contributed by atoms with Crippen LogP contribution in [0.2, 0.25) is 5.02 Å². The van der Waals surface area contributed by atoms with Gasteiger partial charge in [0, 0.05) is 12.6 Å². The molecule has 0 aliphatic heterocycles. The van der Waals surface area contributed by atoms with E-state index in [1.165, 1.54) is 13.0 Å². The first-order valence-corrected chi connectivity index (χ1v) is 6.11. The maximum absolute atomic E-state index is 11.8. The molecule has 8 heteroatoms. The molecule has 2 amide bonds. The van der Waals surface area contributed by atoms with Crippen molar-refractivity contribution in [3.8, 4) is 0 Å². The molecule has 2 rings (SSSR count). The second-order valence-corrected chi connectivity index (χ2v) is 4.48. The molecule has 3 N–H and O–H groups in total. The molecule has 0 spiro atoms. The molecule has 104 valence electrons. The summed E-state index contributed by atoms with van der Waals surface area (Å²) in [5.41, 5.74) is 0.961. The Hall–Kier alpha value is -2.41. The minimum atomic E-state index is -0.447. The highest BCUT2D eigenvalue weighted by molar-refractivity contribution is 6.34. The van der Waals surface area contributed by atoms with Crippen molar-refractivity contribution in [3.63, 3.8) is 0 Å². The van der Waals surface area contributed by atoms with Crippen molar-refractivity contribution < 1.29 is 9.59 Å². The van der Waals surface area contributed by atoms with Crippen LogP contribution in [-0.2, 0) is 4.79 Å². The van der Waals surface area contributed by atoms with Crippen LogP contribution in [0.3, 0.4) is 0 Å². The van der Waals surface area contributed by atoms with Gasteiger partial charge in [0.1, 0.15) is 5.82 Å². The number of amides is 2. The molecule has 0 aliphatic carbocycles. The Morgan fingerprint density at radius 3 is 2.60 bits per heavy atom. The molecule has 7 nitrogen and oxygen atoms in total. The van der Waals surface area contributed by atoms with Crippen LogP contribution in [0.25, 0.3) is 0 Å². The topological polar surface area (TPSA) is 99.8 Å². The van der Waals surface area contributed by atoms with Gasteiger partial charge in [0.2, 0.25) is 11.7 Å². The van der Waals surface area contributed by atoms with E-state index in [0.29, 0.717) is 22.2 Å². The van der Waals surface area contributed by atoms with Crippen molar-refractivity contribution in [3.05, 3.63) is 34.9 Å². The van der Waals surface area contributed by atoms with Gasteiger partial charge in [-0.15, -0.1) is 5.10 Å². The Morgan fingerprint density at radius 2 is 2.05 bits per heavy atom. The van der Waals surface area contributed by atoms with Crippen molar-refractivity contribution in [1.29, 1.82) is 0 Å². The van der Waals surface area contributed by atoms with Crippen molar-refractivity contribution >= 4 is 34.8 Å². The molecular formula is C12H12ClN5O2. The molecule has 0 unspecified atom stereocenters. The van der Waals surface area contributed by atoms with Gasteiger partial charge in [-0.25, -0.2) is 4.98 Å². The van der Waals surface area contributed by atoms with Crippen LogP contribution < -0.4 is 10.6 Å². The second-order valence-electron chi connectivity index (χ2n) is 4.07. The van der Waals surface area contributed by atoms with E-state index in [9.17, 15) is 9.59 Å². The van der Waals surface area contributed by atoms with E-state index in [2.05, 4.69) is 25.8 Å². The van der Waals surface area contributed by atoms with E-state index in [0.717, 1.165) is 0 Å². The number of nitrogens with one attached hydrogen (secondary N) is 3. The molecule has 1 aromatic carbocycles. The average Bonchev–Trinajstić information content (AvgIpc) is 2.79. The molecular weight excluding hydrogens is 282 g/mol. The first-order valence-electron chi connectivity index (χ1n) is 5.73. The predicted octanol–water partition coefficient (Wildman–Crippen LogP) is 1.98. The Kier molecular flexibility index (Phi) is 3.99. The summed E-state index contributed by atoms with van der Waals surface area (Å²) in [4.78, 5) is 26.7. The quantitative estimate of drug-likeness (QED) is 0.805. The number of nitrogens with zero attached hydrogens (tertiary/aromatic N) is 2. The zero-order chi connectivity index (χ0) is 14.7. The van der Waals surface area contributed by atoms with Gasteiger partial charge in [-0.05, 0) is 25.1 Å². The number of hydrogen-bond acceptors (Lipinski definition) is 4. The molecule has 0 saturated heterocycles. The number of benzene rings is 1. The average molecular weight is 294 g/mol. The lowest BCUT2D eigenvalue weighted by atomic mass is 10.2. The maximum atomic E-state index is 11.8. The minimum absolute atomic E-state index is 0.0459. The summed E-state index contributed by atoms with van der Waals surface area (Å²) in [5, 5.41) is 11.8. The van der Waals surface area contributed by atoms with Gasteiger partial charge in [0.15, 0.2) is 0 Å². The van der Waals surface area contributed by atoms with Crippen molar-refractivity contribution in [2.45, 2.75) is 13.8 Å². The van der Waals surface area contributed by atoms with E-state index >= 15 is 0 Å². The highest BCUT2D eigenvalue weighted by atomic mass is 35.5. The van der Waals surface area contributed by atoms with E-state index in [1.54, 1.807) is 19.1 Å². The fraction of sp³-hybridized carbons (Fsp3) is 0.167. The summed E-state index contributed by atoms with van der Waals surface area (Å²) >= 11 is 6.00. The lowest BCUT2D eigenvalue weighted by molar-refractivity contribution is -0.114. The molecule has 0 bridgehead atoms. The van der Waals surface area contributed by atoms with Gasteiger partial charge in [0.25, 0.3) is 5.91 Å². The second kappa shape index (κ2) is 5.70. The Morgan fingerprint density at radius 1 is 1.30 bits per heavy atom. The fourth-order valence-electron chi connectivity index (χ4n) is 1.52. The van der Waals surface area contributed by atoms with E-state index in [1.807, 2.05) is 0 Å². The van der Waals surface area contributed by atoms with Gasteiger partial charge in [-0.3, -0.25) is 14.7 Å². The Labute approximate surface area is 119 Å². The standard InChI is InChI=1S/C12H12ClN5O2/c1-6-14-11(18-17-6)12(20)16-8-3-4-10(9(13)5-8)15-7(2)19/h3-5H,1-2H3,(H,15,19)(H,16,20)(H,14,17,18). The zero-order valence-electron chi connectivity index (χ0n) is 10.8. The number of hydrogen-bond donors (Lipinski definition) is 3. The zero-order valence-corrected chi connectivity index (χ0v) is 11.6. The summed E-state index contributed by atoms with van der Waals surface area (Å²) in [6, 6.07) is 4.75. The third-order valence-electron chi connectivity index (χ3n) is 2.34. The molecule has 0 atom stereocenters. The van der Waals surface area contributed by atoms with Gasteiger partial charge in [0.05, 0.1) is 10.7 Å². The predicted molar refractivity (Wildman–Crippen MR) is 74.8 cm³/mol. The van der Waals surface area contributed by atoms with Gasteiger partial charge in [-0.1, -0.05) is 11.6 Å². The summed E-state index contributed by atoms with van der Waals surface area (Å²) in [7, 11) is 0. The number of carbonyl (C=O) groups is 2. The fourth-order valence-corrected chi connectivity index (χ4v) is 1.74. The summed E-state index contributed by atoms with van der Waals surface area (Å²) in [5.74, 6) is -0.0728. The first kappa shape index (κ1) is 14.0. The molecule has 2 aromatic rings. The number of halogens is 1. The number of aromatic nitrogens is 3. The highest BCUT2D eigenvalue weighted by Gasteiger charge is 2.12. The smallest absolute Gasteiger partial charge is 0.295 e. The number of aromatic amines is 1. The van der Waals surface area contributed by atoms with Crippen molar-refractivity contribution in [2.24, 2.45) is 0 Å². The van der Waals surface area contributed by atoms with Crippen LogP contribution in [0.1, 0.15) is 23.4 Å². The SMILES string of the molecule is CC(=O)Nc1ccc(NC(=O)c2n[nH]c(C)n2)cc1Cl. The van der Waals surface area contributed by atoms with Crippen LogP contribution in [-0.4, -0.2) is 27.0 Å². The van der Waals surface area contributed by atoms with Crippen LogP contribution in [0.5, 0.6) is 0 Å². The third-order valence-corrected chi connectivity index (χ3v) is 2.65. The molecule has 1 aromatic heterocycles. The minimum Gasteiger partial charge on any atom is -0.325 e. The third kappa shape index (κ3) is 3.33.